The first-order valence-electron chi connectivity index (χ1n) is 5.05. The minimum Gasteiger partial charge on any atom is -0.743 e. The van der Waals surface area contributed by atoms with Crippen LogP contribution in [0.1, 0.15) is 0 Å². The summed E-state index contributed by atoms with van der Waals surface area (Å²) in [6, 6.07) is 0. The van der Waals surface area contributed by atoms with E-state index in [9.17, 15) is 87.4 Å². The molecule has 0 radical (unpaired) electrons. The van der Waals surface area contributed by atoms with Gasteiger partial charge in [-0.15, -0.1) is 0 Å². The smallest absolute Gasteiger partial charge is 0.743 e. The molecule has 0 heterocycles. The zero-order valence-electron chi connectivity index (χ0n) is 12.3. The van der Waals surface area contributed by atoms with Crippen LogP contribution in [0.5, 0.6) is 0 Å². The van der Waals surface area contributed by atoms with Gasteiger partial charge in [0.1, 0.15) is 0 Å². The van der Waals surface area contributed by atoms with Gasteiger partial charge in [0.2, 0.25) is 0 Å². The zero-order valence-corrected chi connectivity index (χ0v) is 17.9. The molecule has 0 unspecified atom stereocenters. The van der Waals surface area contributed by atoms with Crippen molar-refractivity contribution in [2.24, 2.45) is 0 Å². The second-order valence-electron chi connectivity index (χ2n) is 4.09. The molecule has 0 saturated heterocycles. The average Bonchev–Trinajstić information content (AvgIpc) is 2.33. The largest absolute Gasteiger partial charge is 2.00 e. The van der Waals surface area contributed by atoms with Gasteiger partial charge in [0.15, 0.2) is 20.2 Å². The standard InChI is InChI=1S/2C3HF7O3S.Cd/c2*4-1(5,2(6,7)8)3(9,10)14(11,12)13;/h2*(H,11,12,13);/q;;+2/p-2. The molecule has 0 bridgehead atoms. The van der Waals surface area contributed by atoms with E-state index < -0.39 is 54.9 Å². The first-order chi connectivity index (χ1) is 11.5. The van der Waals surface area contributed by atoms with Crippen molar-refractivity contribution in [2.45, 2.75) is 34.7 Å². The maximum atomic E-state index is 11.8. The fraction of sp³-hybridized carbons (Fsp3) is 1.00. The second-order valence-corrected chi connectivity index (χ2v) is 6.93. The molecule has 172 valence electrons. The van der Waals surface area contributed by atoms with Crippen LogP contribution in [0.4, 0.5) is 61.5 Å². The quantitative estimate of drug-likeness (QED) is 0.275. The van der Waals surface area contributed by atoms with Crippen LogP contribution in [-0.4, -0.2) is 60.6 Å². The summed E-state index contributed by atoms with van der Waals surface area (Å²) in [7, 11) is -14.2. The van der Waals surface area contributed by atoms with E-state index in [1.807, 2.05) is 0 Å². The number of rotatable bonds is 4. The number of halogens is 14. The molecule has 0 aromatic heterocycles. The molecule has 29 heavy (non-hydrogen) atoms. The van der Waals surface area contributed by atoms with Crippen LogP contribution >= 0.6 is 0 Å². The third-order valence-corrected chi connectivity index (χ3v) is 3.84. The average molecular weight is 611 g/mol. The fourth-order valence-corrected chi connectivity index (χ4v) is 1.50. The van der Waals surface area contributed by atoms with Gasteiger partial charge in [-0.1, -0.05) is 0 Å². The van der Waals surface area contributed by atoms with E-state index in [0.717, 1.165) is 0 Å². The monoisotopic (exact) mass is 612 g/mol. The van der Waals surface area contributed by atoms with Crippen LogP contribution in [0.2, 0.25) is 0 Å². The number of hydrogen-bond donors (Lipinski definition) is 0. The summed E-state index contributed by atoms with van der Waals surface area (Å²) in [5.74, 6) is -13.8. The van der Waals surface area contributed by atoms with E-state index in [0.29, 0.717) is 0 Å². The van der Waals surface area contributed by atoms with Crippen LogP contribution in [0.25, 0.3) is 0 Å². The molecule has 0 atom stereocenters. The predicted octanol–water partition coefficient (Wildman–Crippen LogP) is 2.64. The molecule has 0 fully saturated rings. The molecule has 0 saturated carbocycles. The third-order valence-electron chi connectivity index (χ3n) is 2.07. The van der Waals surface area contributed by atoms with Gasteiger partial charge in [-0.05, 0) is 0 Å². The van der Waals surface area contributed by atoms with Crippen LogP contribution in [0, 0.1) is 0 Å². The van der Waals surface area contributed by atoms with Crippen molar-refractivity contribution in [1.82, 2.24) is 0 Å². The van der Waals surface area contributed by atoms with Crippen LogP contribution < -0.4 is 0 Å². The molecular formula is C6CdF14O6S2. The molecule has 0 aliphatic heterocycles. The Hall–Kier alpha value is -0.238. The minimum absolute atomic E-state index is 0. The Morgan fingerprint density at radius 2 is 0.586 bits per heavy atom. The van der Waals surface area contributed by atoms with Crippen LogP contribution in [-0.2, 0) is 47.5 Å². The van der Waals surface area contributed by atoms with E-state index in [1.165, 1.54) is 0 Å². The molecule has 0 rings (SSSR count). The molecule has 0 aliphatic rings. The summed E-state index contributed by atoms with van der Waals surface area (Å²) in [6.07, 6.45) is -13.7. The molecular weight excluding hydrogens is 611 g/mol. The minimum atomic E-state index is -7.10. The summed E-state index contributed by atoms with van der Waals surface area (Å²) < 4.78 is 218. The van der Waals surface area contributed by atoms with Crippen molar-refractivity contribution in [3.05, 3.63) is 0 Å². The molecule has 0 N–H and O–H groups in total. The summed E-state index contributed by atoms with van der Waals surface area (Å²) in [5.41, 5.74) is 0. The Balaban J connectivity index is -0.000000451. The van der Waals surface area contributed by atoms with E-state index >= 15 is 0 Å². The van der Waals surface area contributed by atoms with Crippen molar-refractivity contribution in [1.29, 1.82) is 0 Å². The topological polar surface area (TPSA) is 114 Å². The van der Waals surface area contributed by atoms with Gasteiger partial charge in [-0.3, -0.25) is 0 Å². The second kappa shape index (κ2) is 8.72. The maximum Gasteiger partial charge on any atom is 2.00 e. The Bertz CT molecular complexity index is 699. The van der Waals surface area contributed by atoms with Gasteiger partial charge in [0.25, 0.3) is 0 Å². The van der Waals surface area contributed by atoms with Crippen LogP contribution in [0.3, 0.4) is 0 Å². The van der Waals surface area contributed by atoms with Gasteiger partial charge < -0.3 is 9.11 Å². The molecule has 0 aromatic carbocycles. The summed E-state index contributed by atoms with van der Waals surface area (Å²) in [6.45, 7) is 0. The van der Waals surface area contributed by atoms with Gasteiger partial charge in [0.05, 0.1) is 0 Å². The Morgan fingerprint density at radius 3 is 0.621 bits per heavy atom. The number of alkyl halides is 14. The zero-order chi connectivity index (χ0) is 24.0. The Labute approximate surface area is 169 Å². The van der Waals surface area contributed by atoms with Gasteiger partial charge >= 0.3 is 62.0 Å². The van der Waals surface area contributed by atoms with Crippen molar-refractivity contribution >= 4 is 20.2 Å². The normalized spacial score (nSPS) is 15.2. The maximum absolute atomic E-state index is 11.8. The SMILES string of the molecule is O=S(=O)([O-])C(F)(F)C(F)(F)C(F)(F)F.O=S(=O)([O-])C(F)(F)C(F)(F)C(F)(F)F.[Cd+2]. The van der Waals surface area contributed by atoms with Crippen LogP contribution in [0.15, 0.2) is 0 Å². The summed E-state index contributed by atoms with van der Waals surface area (Å²) in [4.78, 5) is 0. The molecule has 0 amide bonds. The molecule has 0 aromatic rings. The van der Waals surface area contributed by atoms with E-state index in [-0.39, 0.29) is 27.3 Å². The molecule has 6 nitrogen and oxygen atoms in total. The van der Waals surface area contributed by atoms with Crippen molar-refractivity contribution in [3.8, 4) is 0 Å². The Kier molecular flexibility index (Phi) is 10.0. The van der Waals surface area contributed by atoms with E-state index in [2.05, 4.69) is 0 Å². The Morgan fingerprint density at radius 1 is 0.448 bits per heavy atom. The van der Waals surface area contributed by atoms with Gasteiger partial charge in [0, 0.05) is 0 Å². The third kappa shape index (κ3) is 6.37. The van der Waals surface area contributed by atoms with Gasteiger partial charge in [-0.25, -0.2) is 16.8 Å². The first kappa shape index (κ1) is 33.4. The fourth-order valence-electron chi connectivity index (χ4n) is 0.644. The molecule has 23 heteroatoms. The first-order valence-corrected chi connectivity index (χ1v) is 7.87. The van der Waals surface area contributed by atoms with Gasteiger partial charge in [-0.2, -0.15) is 61.5 Å². The van der Waals surface area contributed by atoms with Crippen molar-refractivity contribution in [3.63, 3.8) is 0 Å². The van der Waals surface area contributed by atoms with E-state index in [1.54, 1.807) is 0 Å². The predicted molar refractivity (Wildman–Crippen MR) is 51.3 cm³/mol. The summed E-state index contributed by atoms with van der Waals surface area (Å²) >= 11 is 0. The van der Waals surface area contributed by atoms with Crippen molar-refractivity contribution in [2.75, 3.05) is 0 Å². The molecule has 0 aliphatic carbocycles. The van der Waals surface area contributed by atoms with Crippen molar-refractivity contribution < 1.29 is 115 Å². The molecule has 0 spiro atoms. The number of hydrogen-bond acceptors (Lipinski definition) is 6. The van der Waals surface area contributed by atoms with E-state index in [4.69, 9.17) is 0 Å². The summed E-state index contributed by atoms with van der Waals surface area (Å²) in [5, 5.41) is -13.4.